The number of carbonyl (C=O) groups is 4. The summed E-state index contributed by atoms with van der Waals surface area (Å²) in [5.74, 6) is -2.31. The van der Waals surface area contributed by atoms with Crippen LogP contribution in [0.2, 0.25) is 0 Å². The lowest BCUT2D eigenvalue weighted by atomic mass is 9.78. The van der Waals surface area contributed by atoms with Gasteiger partial charge in [0.25, 0.3) is 35.0 Å². The fourth-order valence-corrected chi connectivity index (χ4v) is 7.91. The van der Waals surface area contributed by atoms with Gasteiger partial charge >= 0.3 is 0 Å². The number of rotatable bonds is 2. The van der Waals surface area contributed by atoms with Crippen LogP contribution in [0.5, 0.6) is 0 Å². The van der Waals surface area contributed by atoms with Crippen LogP contribution in [0.3, 0.4) is 0 Å². The molecule has 0 fully saturated rings. The fraction of sp³-hybridized carbons (Fsp3) is 0.317. The molecule has 10 heteroatoms. The van der Waals surface area contributed by atoms with E-state index in [0.29, 0.717) is 11.4 Å². The van der Waals surface area contributed by atoms with Crippen molar-refractivity contribution in [2.24, 2.45) is 9.98 Å². The summed E-state index contributed by atoms with van der Waals surface area (Å²) >= 11 is 0. The first kappa shape index (κ1) is 33.5. The van der Waals surface area contributed by atoms with Crippen molar-refractivity contribution in [3.8, 4) is 11.1 Å². The molecule has 51 heavy (non-hydrogen) atoms. The summed E-state index contributed by atoms with van der Waals surface area (Å²) in [6.45, 7) is 30.9. The first-order valence-electron chi connectivity index (χ1n) is 16.6. The number of hydrogen-bond acceptors (Lipinski definition) is 6. The van der Waals surface area contributed by atoms with E-state index in [0.717, 1.165) is 43.2 Å². The quantitative estimate of drug-likeness (QED) is 0.267. The van der Waals surface area contributed by atoms with Gasteiger partial charge in [0.2, 0.25) is 0 Å². The summed E-state index contributed by atoms with van der Waals surface area (Å²) in [5.41, 5.74) is 9.06. The summed E-state index contributed by atoms with van der Waals surface area (Å²) < 4.78 is 0. The molecule has 0 N–H and O–H groups in total. The van der Waals surface area contributed by atoms with Gasteiger partial charge < -0.3 is 0 Å². The van der Waals surface area contributed by atoms with Crippen molar-refractivity contribution in [2.45, 2.75) is 71.6 Å². The summed E-state index contributed by atoms with van der Waals surface area (Å²) in [6, 6.07) is 8.88. The highest BCUT2D eigenvalue weighted by Gasteiger charge is 2.44. The van der Waals surface area contributed by atoms with Gasteiger partial charge in [0.15, 0.2) is 0 Å². The van der Waals surface area contributed by atoms with Gasteiger partial charge in [-0.15, -0.1) is 0 Å². The topological polar surface area (TPSA) is 108 Å². The van der Waals surface area contributed by atoms with Crippen LogP contribution >= 0.6 is 0 Å². The van der Waals surface area contributed by atoms with E-state index >= 15 is 0 Å². The highest BCUT2D eigenvalue weighted by molar-refractivity contribution is 6.51. The monoisotopic (exact) mass is 676 g/mol. The van der Waals surface area contributed by atoms with Crippen molar-refractivity contribution in [1.82, 2.24) is 9.80 Å². The Labute approximate surface area is 296 Å². The highest BCUT2D eigenvalue weighted by atomic mass is 16.2. The second kappa shape index (κ2) is 10.5. The SMILES string of the molecule is [C-]#[N+]C1=C(C)C(=NC2=Cc3cc4c(cc3C2(C)C)-c2cc3c(cc2C4(C)C)C=C(N=C2C(=O)N(C)C(=O)C([N+]#[C-])=C2C)C3(C)C)C(=O)N(C)C1=O. The van der Waals surface area contributed by atoms with Gasteiger partial charge in [0, 0.05) is 30.3 Å². The van der Waals surface area contributed by atoms with E-state index < -0.39 is 34.5 Å². The van der Waals surface area contributed by atoms with Crippen molar-refractivity contribution >= 4 is 47.2 Å². The van der Waals surface area contributed by atoms with Crippen LogP contribution in [-0.2, 0) is 35.4 Å². The molecule has 0 saturated carbocycles. The Kier molecular flexibility index (Phi) is 6.90. The van der Waals surface area contributed by atoms with Gasteiger partial charge in [-0.2, -0.15) is 0 Å². The molecule has 0 bridgehead atoms. The molecule has 2 aromatic rings. The standard InChI is InChI=1S/C41H36N6O4/c1-19-31(42-9)35(48)46(11)37(50)33(19)44-29-15-21-13-27-23(17-25(21)40(29,5)6)24-18-26-22(14-28(24)39(27,3)4)16-30(41(26,7)8)45-34-20(2)32(43-10)36(49)47(12)38(34)51/h13-18H,1-8,11-12H3. The van der Waals surface area contributed by atoms with Crippen LogP contribution in [0.4, 0.5) is 0 Å². The number of hydrogen-bond donors (Lipinski definition) is 0. The van der Waals surface area contributed by atoms with Crippen LogP contribution in [0.25, 0.3) is 33.0 Å². The molecule has 5 aliphatic rings. The minimum Gasteiger partial charge on any atom is -0.286 e. The van der Waals surface area contributed by atoms with Crippen molar-refractivity contribution < 1.29 is 19.2 Å². The van der Waals surface area contributed by atoms with E-state index in [2.05, 4.69) is 75.5 Å². The second-order valence-electron chi connectivity index (χ2n) is 15.3. The van der Waals surface area contributed by atoms with E-state index in [4.69, 9.17) is 23.1 Å². The third-order valence-electron chi connectivity index (χ3n) is 11.4. The smallest absolute Gasteiger partial charge is 0.277 e. The number of carbonyl (C=O) groups excluding carboxylic acids is 4. The lowest BCUT2D eigenvalue weighted by Gasteiger charge is -2.27. The van der Waals surface area contributed by atoms with Gasteiger partial charge in [0.05, 0.1) is 24.5 Å². The third-order valence-corrected chi connectivity index (χ3v) is 11.4. The van der Waals surface area contributed by atoms with Crippen LogP contribution < -0.4 is 0 Å². The Morgan fingerprint density at radius 2 is 0.902 bits per heavy atom. The molecule has 0 saturated heterocycles. The van der Waals surface area contributed by atoms with E-state index in [1.807, 2.05) is 12.2 Å². The van der Waals surface area contributed by atoms with Crippen molar-refractivity contribution in [3.63, 3.8) is 0 Å². The molecule has 7 rings (SSSR count). The maximum Gasteiger partial charge on any atom is 0.277 e. The van der Waals surface area contributed by atoms with Crippen LogP contribution in [0.15, 0.2) is 68.2 Å². The van der Waals surface area contributed by atoms with E-state index in [-0.39, 0.29) is 39.4 Å². The normalized spacial score (nSPS) is 22.6. The molecule has 254 valence electrons. The maximum atomic E-state index is 13.2. The molecule has 0 atom stereocenters. The predicted octanol–water partition coefficient (Wildman–Crippen LogP) is 6.52. The molecule has 2 heterocycles. The summed E-state index contributed by atoms with van der Waals surface area (Å²) in [5, 5.41) is 0. The minimum absolute atomic E-state index is 0.0993. The second-order valence-corrected chi connectivity index (χ2v) is 15.3. The van der Waals surface area contributed by atoms with Gasteiger partial charge in [-0.1, -0.05) is 41.5 Å². The number of fused-ring (bicyclic) bond motifs is 5. The number of allylic oxidation sites excluding steroid dienone is 2. The van der Waals surface area contributed by atoms with Crippen molar-refractivity contribution in [1.29, 1.82) is 0 Å². The van der Waals surface area contributed by atoms with Crippen LogP contribution in [0.1, 0.15) is 88.8 Å². The van der Waals surface area contributed by atoms with Gasteiger partial charge in [0.1, 0.15) is 11.4 Å². The molecule has 0 unspecified atom stereocenters. The highest BCUT2D eigenvalue weighted by Crippen LogP contribution is 2.56. The number of imide groups is 2. The predicted molar refractivity (Wildman–Crippen MR) is 195 cm³/mol. The van der Waals surface area contributed by atoms with Gasteiger partial charge in [-0.05, 0) is 106 Å². The molecule has 0 spiro atoms. The average Bonchev–Trinajstić information content (AvgIpc) is 3.57. The third kappa shape index (κ3) is 4.32. The fourth-order valence-electron chi connectivity index (χ4n) is 7.91. The number of amides is 4. The molecular formula is C41H36N6O4. The zero-order valence-corrected chi connectivity index (χ0v) is 30.3. The first-order chi connectivity index (χ1) is 23.8. The molecule has 2 aliphatic heterocycles. The Morgan fingerprint density at radius 3 is 1.24 bits per heavy atom. The first-order valence-corrected chi connectivity index (χ1v) is 16.6. The maximum absolute atomic E-state index is 13.2. The molecular weight excluding hydrogens is 640 g/mol. The number of aliphatic imine (C=N–C) groups is 2. The number of nitrogens with zero attached hydrogens (tertiary/aromatic N) is 6. The Morgan fingerprint density at radius 1 is 0.549 bits per heavy atom. The minimum atomic E-state index is -0.621. The van der Waals surface area contributed by atoms with Crippen LogP contribution in [-0.4, -0.2) is 58.9 Å². The Hall–Kier alpha value is -6.00. The van der Waals surface area contributed by atoms with Crippen molar-refractivity contribution in [2.75, 3.05) is 14.1 Å². The molecule has 0 radical (unpaired) electrons. The van der Waals surface area contributed by atoms with Crippen LogP contribution in [0, 0.1) is 13.1 Å². The van der Waals surface area contributed by atoms with E-state index in [1.165, 1.54) is 25.2 Å². The number of benzene rings is 2. The molecule has 3 aliphatic carbocycles. The van der Waals surface area contributed by atoms with Gasteiger partial charge in [-0.3, -0.25) is 29.0 Å². The Balaban J connectivity index is 1.32. The average molecular weight is 677 g/mol. The number of likely N-dealkylation sites (N-methyl/N-ethyl adjacent to an activating group) is 2. The van der Waals surface area contributed by atoms with E-state index in [1.54, 1.807) is 13.8 Å². The Bertz CT molecular complexity index is 2260. The molecule has 2 aromatic carbocycles. The molecule has 4 amide bonds. The summed E-state index contributed by atoms with van der Waals surface area (Å²) in [4.78, 5) is 69.8. The molecule has 10 nitrogen and oxygen atoms in total. The lowest BCUT2D eigenvalue weighted by molar-refractivity contribution is -0.138. The largest absolute Gasteiger partial charge is 0.286 e. The summed E-state index contributed by atoms with van der Waals surface area (Å²) in [7, 11) is 2.74. The van der Waals surface area contributed by atoms with Gasteiger partial charge in [-0.25, -0.2) is 19.7 Å². The van der Waals surface area contributed by atoms with Crippen molar-refractivity contribution in [3.05, 3.63) is 114 Å². The zero-order valence-electron chi connectivity index (χ0n) is 30.3. The summed E-state index contributed by atoms with van der Waals surface area (Å²) in [6.07, 6.45) is 4.00. The lowest BCUT2D eigenvalue weighted by Crippen LogP contribution is -2.44. The van der Waals surface area contributed by atoms with E-state index in [9.17, 15) is 19.2 Å². The zero-order chi connectivity index (χ0) is 37.3. The molecule has 0 aromatic heterocycles.